The third kappa shape index (κ3) is 11.8. The second-order valence-corrected chi connectivity index (χ2v) is 10.3. The molecule has 0 aliphatic carbocycles. The van der Waals surface area contributed by atoms with Crippen LogP contribution in [0.4, 0.5) is 4.79 Å². The van der Waals surface area contributed by atoms with Crippen molar-refractivity contribution in [2.75, 3.05) is 39.5 Å². The van der Waals surface area contributed by atoms with E-state index in [0.29, 0.717) is 50.9 Å². The average Bonchev–Trinajstić information content (AvgIpc) is 2.61. The van der Waals surface area contributed by atoms with E-state index in [9.17, 15) is 9.59 Å². The highest BCUT2D eigenvalue weighted by molar-refractivity contribution is 6.60. The first-order chi connectivity index (χ1) is 13.5. The third-order valence-corrected chi connectivity index (χ3v) is 7.13. The Labute approximate surface area is 188 Å². The van der Waals surface area contributed by atoms with Gasteiger partial charge in [0.25, 0.3) is 0 Å². The molecule has 0 bridgehead atoms. The van der Waals surface area contributed by atoms with Crippen LogP contribution in [-0.2, 0) is 22.8 Å². The van der Waals surface area contributed by atoms with Crippen molar-refractivity contribution < 1.29 is 27.6 Å². The molecule has 0 unspecified atom stereocenters. The molecule has 178 valence electrons. The van der Waals surface area contributed by atoms with Gasteiger partial charge in [-0.05, 0) is 65.9 Å². The van der Waals surface area contributed by atoms with Gasteiger partial charge in [0.05, 0.1) is 6.54 Å². The van der Waals surface area contributed by atoms with Crippen LogP contribution in [0.5, 0.6) is 0 Å². The number of urea groups is 1. The zero-order valence-electron chi connectivity index (χ0n) is 19.3. The molecule has 0 heterocycles. The highest BCUT2D eigenvalue weighted by Crippen LogP contribution is 2.18. The maximum absolute atomic E-state index is 12.7. The first kappa shape index (κ1) is 31.0. The van der Waals surface area contributed by atoms with E-state index >= 15 is 0 Å². The lowest BCUT2D eigenvalue weighted by Gasteiger charge is -2.35. The normalized spacial score (nSPS) is 11.4. The molecule has 1 N–H and O–H groups in total. The number of carbonyl (C=O) groups is 2. The molecule has 0 fully saturated rings. The van der Waals surface area contributed by atoms with E-state index in [0.717, 1.165) is 0 Å². The Hall–Kier alpha value is -1.21. The van der Waals surface area contributed by atoms with Crippen LogP contribution in [0, 0.1) is 0 Å². The van der Waals surface area contributed by atoms with E-state index in [1.165, 1.54) is 0 Å². The number of nitrogens with zero attached hydrogens (tertiary/aromatic N) is 1. The number of rotatable bonds is 14. The van der Waals surface area contributed by atoms with Crippen molar-refractivity contribution in [2.24, 2.45) is 0 Å². The molecule has 30 heavy (non-hydrogen) atoms. The number of amides is 2. The average molecular weight is 465 g/mol. The lowest BCUT2D eigenvalue weighted by molar-refractivity contribution is -0.139. The predicted molar refractivity (Wildman–Crippen MR) is 127 cm³/mol. The zero-order valence-corrected chi connectivity index (χ0v) is 20.3. The van der Waals surface area contributed by atoms with Crippen LogP contribution >= 0.6 is 0 Å². The SMILES string of the molecule is C=C(C)C(=O)OCCN(C(=O)NCCC[Si](OCC)(OCC)OCC)C(C)(C)C.[SiH4]. The number of ether oxygens (including phenoxy) is 1. The Bertz CT molecular complexity index is 509. The summed E-state index contributed by atoms with van der Waals surface area (Å²) in [5, 5.41) is 2.93. The van der Waals surface area contributed by atoms with Gasteiger partial charge in [-0.2, -0.15) is 0 Å². The molecule has 0 aliphatic rings. The molecule has 0 spiro atoms. The van der Waals surface area contributed by atoms with Crippen molar-refractivity contribution in [3.63, 3.8) is 0 Å². The lowest BCUT2D eigenvalue weighted by atomic mass is 10.1. The number of hydrogen-bond acceptors (Lipinski definition) is 6. The summed E-state index contributed by atoms with van der Waals surface area (Å²) < 4.78 is 22.6. The van der Waals surface area contributed by atoms with Crippen molar-refractivity contribution in [2.45, 2.75) is 66.5 Å². The van der Waals surface area contributed by atoms with Gasteiger partial charge in [0, 0.05) is 43.5 Å². The van der Waals surface area contributed by atoms with Crippen molar-refractivity contribution >= 4 is 31.8 Å². The maximum Gasteiger partial charge on any atom is 0.500 e. The molecule has 0 aliphatic heterocycles. The van der Waals surface area contributed by atoms with Gasteiger partial charge < -0.3 is 28.2 Å². The monoisotopic (exact) mass is 464 g/mol. The van der Waals surface area contributed by atoms with Gasteiger partial charge in [-0.25, -0.2) is 9.59 Å². The molecule has 8 nitrogen and oxygen atoms in total. The second kappa shape index (κ2) is 15.6. The summed E-state index contributed by atoms with van der Waals surface area (Å²) in [6, 6.07) is 0.425. The van der Waals surface area contributed by atoms with Crippen LogP contribution < -0.4 is 5.32 Å². The molecule has 10 heteroatoms. The van der Waals surface area contributed by atoms with E-state index in [-0.39, 0.29) is 23.6 Å². The minimum absolute atomic E-state index is 0. The van der Waals surface area contributed by atoms with Gasteiger partial charge in [-0.15, -0.1) is 0 Å². The Morgan fingerprint density at radius 2 is 1.53 bits per heavy atom. The lowest BCUT2D eigenvalue weighted by Crippen LogP contribution is -2.52. The summed E-state index contributed by atoms with van der Waals surface area (Å²) in [6.07, 6.45) is 0.681. The first-order valence-electron chi connectivity index (χ1n) is 10.3. The number of nitrogens with one attached hydrogen (secondary N) is 1. The topological polar surface area (TPSA) is 86.3 Å². The largest absolute Gasteiger partial charge is 0.500 e. The van der Waals surface area contributed by atoms with Gasteiger partial charge in [0.15, 0.2) is 0 Å². The fourth-order valence-corrected chi connectivity index (χ4v) is 5.30. The van der Waals surface area contributed by atoms with Crippen LogP contribution in [-0.4, -0.2) is 81.7 Å². The number of esters is 1. The van der Waals surface area contributed by atoms with Gasteiger partial charge in [0.2, 0.25) is 0 Å². The minimum Gasteiger partial charge on any atom is -0.460 e. The Morgan fingerprint density at radius 1 is 1.03 bits per heavy atom. The van der Waals surface area contributed by atoms with E-state index in [1.807, 2.05) is 41.5 Å². The maximum atomic E-state index is 12.7. The molecular formula is C20H44N2O6Si2. The van der Waals surface area contributed by atoms with Crippen molar-refractivity contribution in [3.05, 3.63) is 12.2 Å². The van der Waals surface area contributed by atoms with Crippen LogP contribution in [0.15, 0.2) is 12.2 Å². The second-order valence-electron chi connectivity index (χ2n) is 7.56. The third-order valence-electron chi connectivity index (χ3n) is 3.98. The van der Waals surface area contributed by atoms with E-state index in [4.69, 9.17) is 18.0 Å². The fourth-order valence-electron chi connectivity index (χ4n) is 2.69. The summed E-state index contributed by atoms with van der Waals surface area (Å²) in [6.45, 7) is 19.2. The summed E-state index contributed by atoms with van der Waals surface area (Å²) >= 11 is 0. The van der Waals surface area contributed by atoms with E-state index in [2.05, 4.69) is 11.9 Å². The van der Waals surface area contributed by atoms with Gasteiger partial charge in [-0.3, -0.25) is 0 Å². The molecule has 0 atom stereocenters. The van der Waals surface area contributed by atoms with Crippen LogP contribution in [0.1, 0.15) is 54.9 Å². The molecule has 0 radical (unpaired) electrons. The van der Waals surface area contributed by atoms with Crippen LogP contribution in [0.25, 0.3) is 0 Å². The molecule has 0 aromatic rings. The number of carbonyl (C=O) groups excluding carboxylic acids is 2. The summed E-state index contributed by atoms with van der Waals surface area (Å²) in [7, 11) is -2.71. The highest BCUT2D eigenvalue weighted by Gasteiger charge is 2.39. The molecule has 0 aromatic heterocycles. The molecule has 0 saturated heterocycles. The standard InChI is InChI=1S/C20H40N2O6Si.H4Si/c1-9-26-29(27-10-2,28-11-3)16-12-13-21-19(24)22(20(6,7)8)14-15-25-18(23)17(4)5;/h4,9-16H2,1-3,5-8H3,(H,21,24);1H4. The molecule has 0 saturated carbocycles. The molecule has 2 amide bonds. The zero-order chi connectivity index (χ0) is 22.5. The summed E-state index contributed by atoms with van der Waals surface area (Å²) in [5.41, 5.74) is -0.0810. The predicted octanol–water partition coefficient (Wildman–Crippen LogP) is 1.90. The van der Waals surface area contributed by atoms with Gasteiger partial charge >= 0.3 is 20.8 Å². The molecule has 0 rings (SSSR count). The smallest absolute Gasteiger partial charge is 0.460 e. The Morgan fingerprint density at radius 3 is 1.93 bits per heavy atom. The van der Waals surface area contributed by atoms with Crippen molar-refractivity contribution in [1.29, 1.82) is 0 Å². The van der Waals surface area contributed by atoms with Crippen molar-refractivity contribution in [1.82, 2.24) is 10.2 Å². The van der Waals surface area contributed by atoms with Crippen LogP contribution in [0.3, 0.4) is 0 Å². The highest BCUT2D eigenvalue weighted by atomic mass is 28.4. The van der Waals surface area contributed by atoms with Crippen LogP contribution in [0.2, 0.25) is 6.04 Å². The summed E-state index contributed by atoms with van der Waals surface area (Å²) in [4.78, 5) is 25.9. The Kier molecular flexibility index (Phi) is 16.1. The Balaban J connectivity index is 0. The fraction of sp³-hybridized carbons (Fsp3) is 0.800. The van der Waals surface area contributed by atoms with Gasteiger partial charge in [-0.1, -0.05) is 6.58 Å². The van der Waals surface area contributed by atoms with Crippen molar-refractivity contribution in [3.8, 4) is 0 Å². The van der Waals surface area contributed by atoms with E-state index < -0.39 is 20.3 Å². The van der Waals surface area contributed by atoms with E-state index in [1.54, 1.807) is 11.8 Å². The molecule has 0 aromatic carbocycles. The number of hydrogen-bond donors (Lipinski definition) is 1. The quantitative estimate of drug-likeness (QED) is 0.183. The van der Waals surface area contributed by atoms with Gasteiger partial charge in [0.1, 0.15) is 6.61 Å². The molecular weight excluding hydrogens is 420 g/mol. The summed E-state index contributed by atoms with van der Waals surface area (Å²) in [5.74, 6) is -0.455. The first-order valence-corrected chi connectivity index (χ1v) is 12.3. The minimum atomic E-state index is -2.71.